The maximum absolute atomic E-state index is 14.2. The van der Waals surface area contributed by atoms with E-state index in [1.807, 2.05) is 60.9 Å². The Morgan fingerprint density at radius 1 is 1.05 bits per heavy atom. The molecule has 194 valence electrons. The van der Waals surface area contributed by atoms with Crippen molar-refractivity contribution in [1.29, 1.82) is 0 Å². The van der Waals surface area contributed by atoms with E-state index in [0.29, 0.717) is 18.0 Å². The lowest BCUT2D eigenvalue weighted by molar-refractivity contribution is -0.168. The summed E-state index contributed by atoms with van der Waals surface area (Å²) in [6.45, 7) is 6.50. The summed E-state index contributed by atoms with van der Waals surface area (Å²) in [5.74, 6) is 1.28. The number of piperazine rings is 1. The number of rotatable bonds is 5. The van der Waals surface area contributed by atoms with Crippen LogP contribution in [0.4, 0.5) is 0 Å². The molecule has 0 bridgehead atoms. The van der Waals surface area contributed by atoms with Crippen molar-refractivity contribution in [3.8, 4) is 11.5 Å². The molecule has 37 heavy (non-hydrogen) atoms. The Morgan fingerprint density at radius 3 is 2.54 bits per heavy atom. The number of hydrogen-bond donors (Lipinski definition) is 1. The van der Waals surface area contributed by atoms with Gasteiger partial charge in [0.2, 0.25) is 5.91 Å². The zero-order valence-electron chi connectivity index (χ0n) is 22.0. The molecule has 1 aliphatic carbocycles. The fourth-order valence-electron chi connectivity index (χ4n) is 6.69. The van der Waals surface area contributed by atoms with E-state index in [1.54, 1.807) is 7.11 Å². The van der Waals surface area contributed by atoms with Crippen LogP contribution in [0.5, 0.6) is 11.5 Å². The molecule has 3 heterocycles. The molecular weight excluding hydrogens is 466 g/mol. The van der Waals surface area contributed by atoms with Crippen LogP contribution in [0.1, 0.15) is 69.2 Å². The highest BCUT2D eigenvalue weighted by Gasteiger charge is 2.57. The average molecular weight is 502 g/mol. The molecular formula is C30H35N3O4. The molecule has 3 aromatic rings. The summed E-state index contributed by atoms with van der Waals surface area (Å²) in [5.41, 5.74) is 2.86. The minimum Gasteiger partial charge on any atom is -0.493 e. The van der Waals surface area contributed by atoms with Gasteiger partial charge in [0.15, 0.2) is 17.0 Å². The standard InChI is InChI=1S/C30H35N3O4/c1-18(2)37-24-14-13-19(15-25(24)36-4)22-16-33-26(34)17-32(20-9-5-6-10-20)29(35)30(33,3)28-27(22)21-11-7-8-12-23(21)31-28/h7-8,11-15,18,20,22,31H,5-6,9-10,16-17H2,1-4H3/t22-,30+/m1/s1. The number of hydrogen-bond acceptors (Lipinski definition) is 4. The summed E-state index contributed by atoms with van der Waals surface area (Å²) in [4.78, 5) is 35.2. The quantitative estimate of drug-likeness (QED) is 0.538. The van der Waals surface area contributed by atoms with Gasteiger partial charge in [-0.05, 0) is 62.9 Å². The van der Waals surface area contributed by atoms with Crippen LogP contribution in [0.3, 0.4) is 0 Å². The highest BCUT2D eigenvalue weighted by molar-refractivity contribution is 6.01. The molecule has 1 aromatic heterocycles. The number of carbonyl (C=O) groups excluding carboxylic acids is 2. The van der Waals surface area contributed by atoms with Crippen molar-refractivity contribution < 1.29 is 19.1 Å². The van der Waals surface area contributed by atoms with Crippen LogP contribution in [0.15, 0.2) is 42.5 Å². The van der Waals surface area contributed by atoms with E-state index in [-0.39, 0.29) is 36.4 Å². The van der Waals surface area contributed by atoms with Gasteiger partial charge >= 0.3 is 0 Å². The summed E-state index contributed by atoms with van der Waals surface area (Å²) < 4.78 is 11.6. The average Bonchev–Trinajstić information content (AvgIpc) is 3.55. The number of benzene rings is 2. The lowest BCUT2D eigenvalue weighted by atomic mass is 9.76. The van der Waals surface area contributed by atoms with Gasteiger partial charge in [0.05, 0.1) is 18.9 Å². The summed E-state index contributed by atoms with van der Waals surface area (Å²) in [7, 11) is 1.64. The van der Waals surface area contributed by atoms with Crippen molar-refractivity contribution in [3.63, 3.8) is 0 Å². The van der Waals surface area contributed by atoms with Gasteiger partial charge in [0, 0.05) is 29.4 Å². The third kappa shape index (κ3) is 3.62. The van der Waals surface area contributed by atoms with Gasteiger partial charge in [0.1, 0.15) is 6.54 Å². The molecule has 1 saturated carbocycles. The van der Waals surface area contributed by atoms with Gasteiger partial charge in [0.25, 0.3) is 5.91 Å². The second-order valence-corrected chi connectivity index (χ2v) is 11.0. The molecule has 0 radical (unpaired) electrons. The van der Waals surface area contributed by atoms with Crippen molar-refractivity contribution in [2.24, 2.45) is 0 Å². The highest BCUT2D eigenvalue weighted by atomic mass is 16.5. The summed E-state index contributed by atoms with van der Waals surface area (Å²) >= 11 is 0. The van der Waals surface area contributed by atoms with E-state index < -0.39 is 5.54 Å². The zero-order valence-corrected chi connectivity index (χ0v) is 22.0. The molecule has 1 N–H and O–H groups in total. The van der Waals surface area contributed by atoms with E-state index in [9.17, 15) is 9.59 Å². The van der Waals surface area contributed by atoms with E-state index in [0.717, 1.165) is 53.4 Å². The molecule has 7 nitrogen and oxygen atoms in total. The van der Waals surface area contributed by atoms with Gasteiger partial charge in [-0.1, -0.05) is 37.1 Å². The van der Waals surface area contributed by atoms with E-state index in [2.05, 4.69) is 17.1 Å². The van der Waals surface area contributed by atoms with Crippen LogP contribution < -0.4 is 9.47 Å². The van der Waals surface area contributed by atoms with Crippen LogP contribution in [0, 0.1) is 0 Å². The number of carbonyl (C=O) groups is 2. The summed E-state index contributed by atoms with van der Waals surface area (Å²) in [5, 5.41) is 1.09. The number of ether oxygens (including phenoxy) is 2. The minimum absolute atomic E-state index is 0.00929. The van der Waals surface area contributed by atoms with Crippen LogP contribution in [-0.2, 0) is 15.1 Å². The third-order valence-electron chi connectivity index (χ3n) is 8.49. The zero-order chi connectivity index (χ0) is 25.9. The number of fused-ring (bicyclic) bond motifs is 5. The third-order valence-corrected chi connectivity index (χ3v) is 8.49. The molecule has 0 spiro atoms. The lowest BCUT2D eigenvalue weighted by Gasteiger charge is -2.52. The van der Waals surface area contributed by atoms with Crippen molar-refractivity contribution in [2.45, 2.75) is 70.1 Å². The monoisotopic (exact) mass is 501 g/mol. The van der Waals surface area contributed by atoms with E-state index in [1.165, 1.54) is 0 Å². The fourth-order valence-corrected chi connectivity index (χ4v) is 6.69. The molecule has 0 unspecified atom stereocenters. The fraction of sp³-hybridized carbons (Fsp3) is 0.467. The first kappa shape index (κ1) is 23.9. The van der Waals surface area contributed by atoms with Crippen LogP contribution >= 0.6 is 0 Å². The van der Waals surface area contributed by atoms with Crippen molar-refractivity contribution >= 4 is 22.7 Å². The Morgan fingerprint density at radius 2 is 1.81 bits per heavy atom. The molecule has 2 fully saturated rings. The molecule has 2 aromatic carbocycles. The molecule has 2 aliphatic heterocycles. The van der Waals surface area contributed by atoms with E-state index >= 15 is 0 Å². The number of nitrogens with zero attached hydrogens (tertiary/aromatic N) is 2. The Bertz CT molecular complexity index is 1370. The second kappa shape index (κ2) is 8.82. The van der Waals surface area contributed by atoms with Crippen molar-refractivity contribution in [1.82, 2.24) is 14.8 Å². The van der Waals surface area contributed by atoms with Gasteiger partial charge < -0.3 is 24.3 Å². The largest absolute Gasteiger partial charge is 0.493 e. The normalized spacial score (nSPS) is 24.1. The summed E-state index contributed by atoms with van der Waals surface area (Å²) in [6, 6.07) is 14.3. The molecule has 3 aliphatic rings. The van der Waals surface area contributed by atoms with Gasteiger partial charge in [-0.15, -0.1) is 0 Å². The number of para-hydroxylation sites is 1. The Labute approximate surface area is 217 Å². The second-order valence-electron chi connectivity index (χ2n) is 11.0. The Hall–Kier alpha value is -3.48. The van der Waals surface area contributed by atoms with Crippen molar-refractivity contribution in [2.75, 3.05) is 20.2 Å². The van der Waals surface area contributed by atoms with Gasteiger partial charge in [-0.3, -0.25) is 9.59 Å². The number of nitrogens with one attached hydrogen (secondary N) is 1. The van der Waals surface area contributed by atoms with Crippen LogP contribution in [0.25, 0.3) is 10.9 Å². The molecule has 7 heteroatoms. The molecule has 2 atom stereocenters. The molecule has 6 rings (SSSR count). The minimum atomic E-state index is -1.06. The first-order chi connectivity index (χ1) is 17.8. The number of methoxy groups -OCH3 is 1. The predicted octanol–water partition coefficient (Wildman–Crippen LogP) is 4.94. The number of H-pyrrole nitrogens is 1. The Balaban J connectivity index is 1.51. The maximum Gasteiger partial charge on any atom is 0.255 e. The van der Waals surface area contributed by atoms with Crippen LogP contribution in [-0.4, -0.2) is 58.9 Å². The summed E-state index contributed by atoms with van der Waals surface area (Å²) in [6.07, 6.45) is 4.20. The first-order valence-electron chi connectivity index (χ1n) is 13.4. The van der Waals surface area contributed by atoms with Crippen LogP contribution in [0.2, 0.25) is 0 Å². The smallest absolute Gasteiger partial charge is 0.255 e. The lowest BCUT2D eigenvalue weighted by Crippen LogP contribution is -2.68. The van der Waals surface area contributed by atoms with Gasteiger partial charge in [-0.2, -0.15) is 0 Å². The number of aromatic amines is 1. The number of amides is 2. The predicted molar refractivity (Wildman–Crippen MR) is 142 cm³/mol. The molecule has 2 amide bonds. The van der Waals surface area contributed by atoms with Gasteiger partial charge in [-0.25, -0.2) is 0 Å². The SMILES string of the molecule is COc1cc([C@H]2CN3C(=O)CN(C4CCCC4)C(=O)[C@]3(C)c3[nH]c4ccccc4c32)ccc1OC(C)C. The van der Waals surface area contributed by atoms with E-state index in [4.69, 9.17) is 9.47 Å². The highest BCUT2D eigenvalue weighted by Crippen LogP contribution is 2.49. The topological polar surface area (TPSA) is 74.9 Å². The van der Waals surface area contributed by atoms with Crippen molar-refractivity contribution in [3.05, 3.63) is 59.3 Å². The molecule has 1 saturated heterocycles. The number of aromatic nitrogens is 1. The Kier molecular flexibility index (Phi) is 5.70. The maximum atomic E-state index is 14.2. The first-order valence-corrected chi connectivity index (χ1v) is 13.4.